The summed E-state index contributed by atoms with van der Waals surface area (Å²) >= 11 is 0. The fourth-order valence-electron chi connectivity index (χ4n) is 6.99. The molecule has 0 heterocycles. The lowest BCUT2D eigenvalue weighted by atomic mass is 9.68. The van der Waals surface area contributed by atoms with Gasteiger partial charge in [0.25, 0.3) is 0 Å². The fourth-order valence-corrected chi connectivity index (χ4v) is 6.99. The van der Waals surface area contributed by atoms with Gasteiger partial charge in [-0.1, -0.05) is 76.5 Å². The highest BCUT2D eigenvalue weighted by atomic mass is 16.6. The normalized spacial score (nSPS) is 20.8. The lowest BCUT2D eigenvalue weighted by Crippen LogP contribution is -2.25. The van der Waals surface area contributed by atoms with Crippen LogP contribution in [0.5, 0.6) is 17.2 Å². The number of esters is 3. The summed E-state index contributed by atoms with van der Waals surface area (Å²) in [6.45, 7) is 9.73. The summed E-state index contributed by atoms with van der Waals surface area (Å²) in [6, 6.07) is 11.8. The minimum Gasteiger partial charge on any atom is -0.423 e. The first-order valence-corrected chi connectivity index (χ1v) is 17.6. The summed E-state index contributed by atoms with van der Waals surface area (Å²) in [4.78, 5) is 37.9. The van der Waals surface area contributed by atoms with Crippen LogP contribution in [-0.4, -0.2) is 45.3 Å². The molecule has 2 aliphatic carbocycles. The summed E-state index contributed by atoms with van der Waals surface area (Å²) in [5.41, 5.74) is 1.79. The number of hydrogen-bond acceptors (Lipinski definition) is 8. The van der Waals surface area contributed by atoms with Crippen LogP contribution in [0.4, 0.5) is 0 Å². The standard InChI is InChI=1S/C41H52O8/c1-6-7-8-30-9-14-32(15-10-30)33-16-11-31(12-17-33)13-24-39(42)48-38-25-35(20-23-37(38)49-41(44)29(3)27-46-5)34-18-21-36(22-19-34)47-40(43)28(2)26-45-4/h13,18-25,30-33H,2-3,6-12,14-17,26-27H2,1,4-5H3/b24-13+. The molecule has 49 heavy (non-hydrogen) atoms. The van der Waals surface area contributed by atoms with E-state index in [9.17, 15) is 14.4 Å². The van der Waals surface area contributed by atoms with Gasteiger partial charge in [0, 0.05) is 20.3 Å². The van der Waals surface area contributed by atoms with Crippen molar-refractivity contribution < 1.29 is 38.1 Å². The third-order valence-corrected chi connectivity index (χ3v) is 9.81. The maximum absolute atomic E-state index is 13.1. The zero-order chi connectivity index (χ0) is 35.2. The van der Waals surface area contributed by atoms with Crippen molar-refractivity contribution in [3.63, 3.8) is 0 Å². The maximum atomic E-state index is 13.1. The summed E-state index contributed by atoms with van der Waals surface area (Å²) in [5, 5.41) is 0. The predicted molar refractivity (Wildman–Crippen MR) is 190 cm³/mol. The first-order chi connectivity index (χ1) is 23.7. The third-order valence-electron chi connectivity index (χ3n) is 9.81. The van der Waals surface area contributed by atoms with Gasteiger partial charge in [0.1, 0.15) is 5.75 Å². The molecule has 4 rings (SSSR count). The number of hydrogen-bond donors (Lipinski definition) is 0. The molecule has 0 radical (unpaired) electrons. The Kier molecular flexibility index (Phi) is 14.8. The molecule has 0 aliphatic heterocycles. The van der Waals surface area contributed by atoms with Crippen molar-refractivity contribution in [2.45, 2.75) is 77.6 Å². The highest BCUT2D eigenvalue weighted by molar-refractivity contribution is 5.91. The van der Waals surface area contributed by atoms with E-state index in [1.54, 1.807) is 42.5 Å². The second-order valence-electron chi connectivity index (χ2n) is 13.4. The van der Waals surface area contributed by atoms with E-state index >= 15 is 0 Å². The summed E-state index contributed by atoms with van der Waals surface area (Å²) in [5.74, 6) is 1.63. The third kappa shape index (κ3) is 11.5. The molecule has 2 saturated carbocycles. The molecule has 0 spiro atoms. The van der Waals surface area contributed by atoms with Crippen molar-refractivity contribution in [2.24, 2.45) is 23.7 Å². The Labute approximate surface area is 291 Å². The van der Waals surface area contributed by atoms with Crippen molar-refractivity contribution >= 4 is 17.9 Å². The van der Waals surface area contributed by atoms with E-state index in [1.807, 2.05) is 6.08 Å². The Balaban J connectivity index is 1.39. The SMILES string of the molecule is C=C(COC)C(=O)Oc1ccc(-c2ccc(OC(=O)C(=C)COC)c(OC(=O)/C=C/C3CCC(C4CCC(CCCC)CC4)CC3)c2)cc1. The molecular weight excluding hydrogens is 620 g/mol. The highest BCUT2D eigenvalue weighted by Crippen LogP contribution is 2.42. The van der Waals surface area contributed by atoms with Gasteiger partial charge in [0.15, 0.2) is 11.5 Å². The molecule has 8 heteroatoms. The molecule has 0 aromatic heterocycles. The van der Waals surface area contributed by atoms with Crippen molar-refractivity contribution in [2.75, 3.05) is 27.4 Å². The van der Waals surface area contributed by atoms with E-state index in [0.29, 0.717) is 17.2 Å². The molecule has 2 aliphatic rings. The van der Waals surface area contributed by atoms with Gasteiger partial charge in [0.05, 0.1) is 24.4 Å². The predicted octanol–water partition coefficient (Wildman–Crippen LogP) is 8.83. The van der Waals surface area contributed by atoms with E-state index in [2.05, 4.69) is 20.1 Å². The Morgan fingerprint density at radius 1 is 0.714 bits per heavy atom. The number of ether oxygens (including phenoxy) is 5. The zero-order valence-corrected chi connectivity index (χ0v) is 29.4. The Hall–Kier alpha value is -4.01. The van der Waals surface area contributed by atoms with E-state index in [1.165, 1.54) is 78.1 Å². The van der Waals surface area contributed by atoms with Gasteiger partial charge in [-0.15, -0.1) is 0 Å². The van der Waals surface area contributed by atoms with Crippen molar-refractivity contribution in [3.05, 3.63) is 78.9 Å². The number of unbranched alkanes of at least 4 members (excludes halogenated alkanes) is 1. The van der Waals surface area contributed by atoms with Crippen LogP contribution in [-0.2, 0) is 23.9 Å². The molecule has 0 N–H and O–H groups in total. The summed E-state index contributed by atoms with van der Waals surface area (Å²) < 4.78 is 26.6. The quantitative estimate of drug-likeness (QED) is 0.0992. The van der Waals surface area contributed by atoms with E-state index < -0.39 is 17.9 Å². The first kappa shape index (κ1) is 37.8. The summed E-state index contributed by atoms with van der Waals surface area (Å²) in [6.07, 6.45) is 17.6. The van der Waals surface area contributed by atoms with Gasteiger partial charge in [-0.25, -0.2) is 14.4 Å². The smallest absolute Gasteiger partial charge is 0.341 e. The molecule has 2 aromatic carbocycles. The van der Waals surface area contributed by atoms with Crippen LogP contribution in [0.15, 0.2) is 78.9 Å². The number of methoxy groups -OCH3 is 2. The van der Waals surface area contributed by atoms with E-state index in [0.717, 1.165) is 36.2 Å². The average molecular weight is 673 g/mol. The van der Waals surface area contributed by atoms with Gasteiger partial charge in [-0.2, -0.15) is 0 Å². The number of allylic oxidation sites excluding steroid dienone is 1. The van der Waals surface area contributed by atoms with Gasteiger partial charge in [-0.3, -0.25) is 0 Å². The number of carbonyl (C=O) groups is 3. The zero-order valence-electron chi connectivity index (χ0n) is 29.4. The maximum Gasteiger partial charge on any atom is 0.341 e. The number of benzene rings is 2. The second kappa shape index (κ2) is 19.2. The molecule has 0 bridgehead atoms. The average Bonchev–Trinajstić information content (AvgIpc) is 3.11. The van der Waals surface area contributed by atoms with Gasteiger partial charge >= 0.3 is 17.9 Å². The van der Waals surface area contributed by atoms with Crippen molar-refractivity contribution in [1.29, 1.82) is 0 Å². The van der Waals surface area contributed by atoms with Crippen LogP contribution in [0.3, 0.4) is 0 Å². The lowest BCUT2D eigenvalue weighted by Gasteiger charge is -2.37. The molecule has 0 atom stereocenters. The molecular formula is C41H52O8. The van der Waals surface area contributed by atoms with Gasteiger partial charge in [-0.05, 0) is 97.6 Å². The van der Waals surface area contributed by atoms with Gasteiger partial charge in [0.2, 0.25) is 0 Å². The fraction of sp³-hybridized carbons (Fsp3) is 0.488. The lowest BCUT2D eigenvalue weighted by molar-refractivity contribution is -0.132. The molecule has 264 valence electrons. The highest BCUT2D eigenvalue weighted by Gasteiger charge is 2.30. The van der Waals surface area contributed by atoms with Crippen LogP contribution in [0.25, 0.3) is 11.1 Å². The topological polar surface area (TPSA) is 97.4 Å². The largest absolute Gasteiger partial charge is 0.423 e. The number of carbonyl (C=O) groups excluding carboxylic acids is 3. The molecule has 0 amide bonds. The molecule has 8 nitrogen and oxygen atoms in total. The minimum absolute atomic E-state index is 0.00693. The van der Waals surface area contributed by atoms with Crippen LogP contribution >= 0.6 is 0 Å². The van der Waals surface area contributed by atoms with Gasteiger partial charge < -0.3 is 23.7 Å². The minimum atomic E-state index is -0.685. The van der Waals surface area contributed by atoms with Crippen LogP contribution in [0, 0.1) is 23.7 Å². The Bertz CT molecular complexity index is 1460. The summed E-state index contributed by atoms with van der Waals surface area (Å²) in [7, 11) is 2.93. The second-order valence-corrected chi connectivity index (χ2v) is 13.4. The molecule has 0 unspecified atom stereocenters. The molecule has 0 saturated heterocycles. The van der Waals surface area contributed by atoms with E-state index in [-0.39, 0.29) is 35.9 Å². The van der Waals surface area contributed by atoms with Crippen LogP contribution < -0.4 is 14.2 Å². The van der Waals surface area contributed by atoms with E-state index in [4.69, 9.17) is 23.7 Å². The molecule has 2 fully saturated rings. The molecule has 2 aromatic rings. The van der Waals surface area contributed by atoms with Crippen LogP contribution in [0.1, 0.15) is 77.6 Å². The van der Waals surface area contributed by atoms with Crippen molar-refractivity contribution in [3.8, 4) is 28.4 Å². The Morgan fingerprint density at radius 2 is 1.29 bits per heavy atom. The van der Waals surface area contributed by atoms with Crippen molar-refractivity contribution in [1.82, 2.24) is 0 Å². The number of rotatable bonds is 16. The van der Waals surface area contributed by atoms with Crippen LogP contribution in [0.2, 0.25) is 0 Å². The monoisotopic (exact) mass is 672 g/mol. The Morgan fingerprint density at radius 3 is 1.88 bits per heavy atom. The first-order valence-electron chi connectivity index (χ1n) is 17.6.